The van der Waals surface area contributed by atoms with Crippen LogP contribution in [0, 0.1) is 18.8 Å². The molecule has 27 heavy (non-hydrogen) atoms. The maximum atomic E-state index is 10.4. The number of methoxy groups -OCH3 is 1. The summed E-state index contributed by atoms with van der Waals surface area (Å²) in [7, 11) is 1.63. The number of aromatic nitrogens is 3. The third kappa shape index (κ3) is 3.21. The first-order chi connectivity index (χ1) is 13.2. The van der Waals surface area contributed by atoms with Crippen LogP contribution < -0.4 is 4.74 Å². The Kier molecular flexibility index (Phi) is 4.23. The molecule has 5 nitrogen and oxygen atoms in total. The van der Waals surface area contributed by atoms with Crippen molar-refractivity contribution in [3.8, 4) is 34.7 Å². The second kappa shape index (κ2) is 6.85. The maximum absolute atomic E-state index is 10.4. The second-order valence-electron chi connectivity index (χ2n) is 6.03. The minimum absolute atomic E-state index is 0.0879. The van der Waals surface area contributed by atoms with E-state index in [0.29, 0.717) is 22.7 Å². The van der Waals surface area contributed by atoms with E-state index in [2.05, 4.69) is 21.8 Å². The number of ether oxygens (including phenoxy) is 1. The van der Waals surface area contributed by atoms with Crippen LogP contribution in [0.2, 0.25) is 0 Å². The van der Waals surface area contributed by atoms with E-state index in [1.165, 1.54) is 0 Å². The standard InChI is InChI=1S/C22H17N3O2/c1-15-22(26)25-14-20(17-9-11-18(27-2)12-10-17)24-19(21(25)23-15)13-8-16-6-4-3-5-7-16/h3-7,9-12,14,26H,1-2H3. The second-order valence-corrected chi connectivity index (χ2v) is 6.03. The molecule has 0 radical (unpaired) electrons. The molecule has 2 aromatic carbocycles. The van der Waals surface area contributed by atoms with Gasteiger partial charge >= 0.3 is 0 Å². The van der Waals surface area contributed by atoms with Gasteiger partial charge < -0.3 is 9.84 Å². The average Bonchev–Trinajstić information content (AvgIpc) is 3.01. The monoisotopic (exact) mass is 355 g/mol. The molecule has 0 aliphatic rings. The van der Waals surface area contributed by atoms with Crippen molar-refractivity contribution >= 4 is 5.65 Å². The van der Waals surface area contributed by atoms with Crippen molar-refractivity contribution in [3.63, 3.8) is 0 Å². The number of rotatable bonds is 2. The van der Waals surface area contributed by atoms with Gasteiger partial charge in [-0.1, -0.05) is 24.1 Å². The van der Waals surface area contributed by atoms with Gasteiger partial charge in [0.05, 0.1) is 12.8 Å². The quantitative estimate of drug-likeness (QED) is 0.555. The van der Waals surface area contributed by atoms with Crippen LogP contribution in [0.5, 0.6) is 11.6 Å². The molecule has 0 aliphatic carbocycles. The van der Waals surface area contributed by atoms with Crippen molar-refractivity contribution in [1.82, 2.24) is 14.4 Å². The van der Waals surface area contributed by atoms with Crippen LogP contribution >= 0.6 is 0 Å². The normalized spacial score (nSPS) is 10.4. The highest BCUT2D eigenvalue weighted by Gasteiger charge is 2.14. The SMILES string of the molecule is COc1ccc(-c2cn3c(O)c(C)nc3c(C#Cc3ccccc3)n2)cc1. The van der Waals surface area contributed by atoms with Crippen LogP contribution in [0.4, 0.5) is 0 Å². The summed E-state index contributed by atoms with van der Waals surface area (Å²) in [5, 5.41) is 10.4. The molecule has 0 aliphatic heterocycles. The lowest BCUT2D eigenvalue weighted by atomic mass is 10.1. The molecule has 0 saturated heterocycles. The lowest BCUT2D eigenvalue weighted by molar-refractivity contribution is 0.415. The first kappa shape index (κ1) is 16.7. The van der Waals surface area contributed by atoms with E-state index in [-0.39, 0.29) is 5.88 Å². The Labute approximate surface area is 156 Å². The zero-order valence-corrected chi connectivity index (χ0v) is 15.0. The topological polar surface area (TPSA) is 59.7 Å². The molecule has 2 aromatic heterocycles. The number of nitrogens with zero attached hydrogens (tertiary/aromatic N) is 3. The van der Waals surface area contributed by atoms with Gasteiger partial charge in [0, 0.05) is 17.3 Å². The first-order valence-electron chi connectivity index (χ1n) is 8.46. The fourth-order valence-electron chi connectivity index (χ4n) is 2.79. The molecule has 0 spiro atoms. The molecule has 4 aromatic rings. The average molecular weight is 355 g/mol. The third-order valence-corrected chi connectivity index (χ3v) is 4.23. The summed E-state index contributed by atoms with van der Waals surface area (Å²) in [4.78, 5) is 9.10. The Morgan fingerprint density at radius 2 is 1.70 bits per heavy atom. The molecular formula is C22H17N3O2. The summed E-state index contributed by atoms with van der Waals surface area (Å²) in [5.74, 6) is 7.06. The summed E-state index contributed by atoms with van der Waals surface area (Å²) in [6.07, 6.45) is 1.76. The fraction of sp³-hybridized carbons (Fsp3) is 0.0909. The van der Waals surface area contributed by atoms with Crippen LogP contribution in [0.25, 0.3) is 16.9 Å². The number of hydrogen-bond donors (Lipinski definition) is 1. The lowest BCUT2D eigenvalue weighted by Gasteiger charge is -2.06. The van der Waals surface area contributed by atoms with E-state index in [1.807, 2.05) is 54.6 Å². The zero-order chi connectivity index (χ0) is 18.8. The largest absolute Gasteiger partial charge is 0.497 e. The summed E-state index contributed by atoms with van der Waals surface area (Å²) in [6, 6.07) is 17.3. The van der Waals surface area contributed by atoms with Crippen LogP contribution in [-0.4, -0.2) is 26.6 Å². The molecule has 0 saturated carbocycles. The lowest BCUT2D eigenvalue weighted by Crippen LogP contribution is -1.96. The molecule has 0 bridgehead atoms. The number of hydrogen-bond acceptors (Lipinski definition) is 4. The minimum atomic E-state index is 0.0879. The first-order valence-corrected chi connectivity index (χ1v) is 8.46. The number of imidazole rings is 1. The Morgan fingerprint density at radius 1 is 0.963 bits per heavy atom. The maximum Gasteiger partial charge on any atom is 0.219 e. The van der Waals surface area contributed by atoms with Crippen molar-refractivity contribution in [3.05, 3.63) is 77.7 Å². The molecular weight excluding hydrogens is 338 g/mol. The Bertz CT molecular complexity index is 1170. The van der Waals surface area contributed by atoms with Gasteiger partial charge in [-0.05, 0) is 49.2 Å². The smallest absolute Gasteiger partial charge is 0.219 e. The van der Waals surface area contributed by atoms with Gasteiger partial charge in [0.25, 0.3) is 0 Å². The van der Waals surface area contributed by atoms with Crippen molar-refractivity contribution in [2.24, 2.45) is 0 Å². The van der Waals surface area contributed by atoms with Gasteiger partial charge in [-0.15, -0.1) is 0 Å². The van der Waals surface area contributed by atoms with Gasteiger partial charge in [-0.3, -0.25) is 4.40 Å². The summed E-state index contributed by atoms with van der Waals surface area (Å²) < 4.78 is 6.83. The van der Waals surface area contributed by atoms with E-state index in [4.69, 9.17) is 4.74 Å². The van der Waals surface area contributed by atoms with Gasteiger partial charge in [0.1, 0.15) is 11.4 Å². The van der Waals surface area contributed by atoms with E-state index < -0.39 is 0 Å². The molecule has 5 heteroatoms. The Morgan fingerprint density at radius 3 is 2.41 bits per heavy atom. The number of aryl methyl sites for hydroxylation is 1. The van der Waals surface area contributed by atoms with Gasteiger partial charge in [-0.2, -0.15) is 0 Å². The van der Waals surface area contributed by atoms with Crippen LogP contribution in [-0.2, 0) is 0 Å². The summed E-state index contributed by atoms with van der Waals surface area (Å²) in [6.45, 7) is 1.75. The van der Waals surface area contributed by atoms with Crippen LogP contribution in [0.3, 0.4) is 0 Å². The molecule has 0 amide bonds. The van der Waals surface area contributed by atoms with E-state index in [9.17, 15) is 5.11 Å². The van der Waals surface area contributed by atoms with Crippen molar-refractivity contribution < 1.29 is 9.84 Å². The number of fused-ring (bicyclic) bond motifs is 1. The molecule has 0 fully saturated rings. The molecule has 0 unspecified atom stereocenters. The van der Waals surface area contributed by atoms with Crippen LogP contribution in [0.1, 0.15) is 17.0 Å². The Hall–Kier alpha value is -3.78. The van der Waals surface area contributed by atoms with Gasteiger partial charge in [0.2, 0.25) is 5.88 Å². The molecule has 4 rings (SSSR count). The highest BCUT2D eigenvalue weighted by atomic mass is 16.5. The third-order valence-electron chi connectivity index (χ3n) is 4.23. The molecule has 0 atom stereocenters. The predicted octanol–water partition coefficient (Wildman–Crippen LogP) is 3.82. The van der Waals surface area contributed by atoms with Crippen molar-refractivity contribution in [2.45, 2.75) is 6.92 Å². The van der Waals surface area contributed by atoms with Gasteiger partial charge in [0.15, 0.2) is 11.3 Å². The highest BCUT2D eigenvalue weighted by Crippen LogP contribution is 2.26. The minimum Gasteiger partial charge on any atom is -0.497 e. The van der Waals surface area contributed by atoms with Crippen molar-refractivity contribution in [2.75, 3.05) is 7.11 Å². The van der Waals surface area contributed by atoms with E-state index in [0.717, 1.165) is 16.9 Å². The molecule has 132 valence electrons. The Balaban J connectivity index is 1.88. The van der Waals surface area contributed by atoms with E-state index >= 15 is 0 Å². The van der Waals surface area contributed by atoms with E-state index in [1.54, 1.807) is 24.6 Å². The number of aromatic hydroxyl groups is 1. The number of benzene rings is 2. The summed E-state index contributed by atoms with van der Waals surface area (Å²) in [5.41, 5.74) is 4.05. The van der Waals surface area contributed by atoms with Gasteiger partial charge in [-0.25, -0.2) is 9.97 Å². The molecule has 2 heterocycles. The predicted molar refractivity (Wildman–Crippen MR) is 104 cm³/mol. The highest BCUT2D eigenvalue weighted by molar-refractivity contribution is 5.66. The molecule has 1 N–H and O–H groups in total. The van der Waals surface area contributed by atoms with Crippen LogP contribution in [0.15, 0.2) is 60.8 Å². The van der Waals surface area contributed by atoms with Crippen molar-refractivity contribution in [1.29, 1.82) is 0 Å². The fourth-order valence-corrected chi connectivity index (χ4v) is 2.79. The summed E-state index contributed by atoms with van der Waals surface area (Å²) >= 11 is 0. The zero-order valence-electron chi connectivity index (χ0n) is 15.0.